The Hall–Kier alpha value is -2.06. The highest BCUT2D eigenvalue weighted by atomic mass is 28.3. The summed E-state index contributed by atoms with van der Waals surface area (Å²) in [6, 6.07) is 23.6. The van der Waals surface area contributed by atoms with Crippen LogP contribution < -0.4 is 15.8 Å². The third-order valence-corrected chi connectivity index (χ3v) is 8.15. The van der Waals surface area contributed by atoms with E-state index in [0.29, 0.717) is 0 Å². The Kier molecular flexibility index (Phi) is 3.33. The Labute approximate surface area is 120 Å². The van der Waals surface area contributed by atoms with Gasteiger partial charge < -0.3 is 4.42 Å². The summed E-state index contributed by atoms with van der Waals surface area (Å²) in [7, 11) is -2.02. The molecule has 0 N–H and O–H groups in total. The van der Waals surface area contributed by atoms with E-state index in [1.807, 2.05) is 6.26 Å². The van der Waals surface area contributed by atoms with Crippen molar-refractivity contribution in [2.75, 3.05) is 0 Å². The summed E-state index contributed by atoms with van der Waals surface area (Å²) in [5.41, 5.74) is 1.19. The van der Waals surface area contributed by atoms with Crippen molar-refractivity contribution in [1.29, 1.82) is 0 Å². The molecule has 2 heteroatoms. The largest absolute Gasteiger partial charge is 0.473 e. The van der Waals surface area contributed by atoms with E-state index in [1.165, 1.54) is 15.9 Å². The first-order valence-electron chi connectivity index (χ1n) is 6.88. The van der Waals surface area contributed by atoms with Gasteiger partial charge in [0.1, 0.15) is 0 Å². The number of furan rings is 1. The average molecular weight is 278 g/mol. The molecule has 0 spiro atoms. The number of hydrogen-bond acceptors (Lipinski definition) is 1. The normalized spacial score (nSPS) is 11.5. The van der Waals surface area contributed by atoms with Crippen LogP contribution in [0.5, 0.6) is 0 Å². The molecule has 2 aromatic carbocycles. The number of benzene rings is 2. The van der Waals surface area contributed by atoms with Crippen molar-refractivity contribution in [3.8, 4) is 0 Å². The maximum absolute atomic E-state index is 5.90. The number of aryl methyl sites for hydroxylation is 1. The van der Waals surface area contributed by atoms with Gasteiger partial charge in [0.25, 0.3) is 0 Å². The molecular formula is C18H18OSi. The van der Waals surface area contributed by atoms with Crippen LogP contribution in [0.1, 0.15) is 5.56 Å². The van der Waals surface area contributed by atoms with E-state index in [-0.39, 0.29) is 0 Å². The van der Waals surface area contributed by atoms with Gasteiger partial charge in [0.15, 0.2) is 8.07 Å². The van der Waals surface area contributed by atoms with Crippen LogP contribution in [0.25, 0.3) is 0 Å². The van der Waals surface area contributed by atoms with Crippen LogP contribution in [-0.4, -0.2) is 8.07 Å². The molecule has 3 aromatic rings. The summed E-state index contributed by atoms with van der Waals surface area (Å²) in [6.07, 6.45) is 1.85. The van der Waals surface area contributed by atoms with Gasteiger partial charge in [-0.3, -0.25) is 0 Å². The van der Waals surface area contributed by atoms with Crippen LogP contribution in [-0.2, 0) is 0 Å². The van der Waals surface area contributed by atoms with Crippen LogP contribution >= 0.6 is 0 Å². The van der Waals surface area contributed by atoms with E-state index >= 15 is 0 Å². The molecule has 1 nitrogen and oxygen atoms in total. The Morgan fingerprint density at radius 1 is 0.800 bits per heavy atom. The number of hydrogen-bond donors (Lipinski definition) is 0. The van der Waals surface area contributed by atoms with Gasteiger partial charge >= 0.3 is 0 Å². The van der Waals surface area contributed by atoms with Crippen molar-refractivity contribution in [3.05, 3.63) is 78.6 Å². The van der Waals surface area contributed by atoms with E-state index in [9.17, 15) is 0 Å². The molecule has 0 aliphatic heterocycles. The fourth-order valence-electron chi connectivity index (χ4n) is 2.69. The maximum Gasteiger partial charge on any atom is 0.189 e. The molecular weight excluding hydrogens is 260 g/mol. The molecule has 0 saturated carbocycles. The Balaban J connectivity index is 2.23. The van der Waals surface area contributed by atoms with Crippen molar-refractivity contribution in [3.63, 3.8) is 0 Å². The lowest BCUT2D eigenvalue weighted by Gasteiger charge is -2.26. The zero-order valence-electron chi connectivity index (χ0n) is 11.8. The highest BCUT2D eigenvalue weighted by Crippen LogP contribution is 2.09. The second-order valence-electron chi connectivity index (χ2n) is 5.35. The Morgan fingerprint density at radius 2 is 1.30 bits per heavy atom. The minimum atomic E-state index is -2.02. The summed E-state index contributed by atoms with van der Waals surface area (Å²) in [4.78, 5) is 0. The Bertz CT molecular complexity index is 646. The van der Waals surface area contributed by atoms with E-state index in [4.69, 9.17) is 4.42 Å². The third kappa shape index (κ3) is 2.12. The monoisotopic (exact) mass is 278 g/mol. The molecule has 0 aliphatic carbocycles. The molecule has 1 heterocycles. The smallest absolute Gasteiger partial charge is 0.189 e. The topological polar surface area (TPSA) is 13.1 Å². The fourth-order valence-corrected chi connectivity index (χ4v) is 6.12. The fraction of sp³-hybridized carbons (Fsp3) is 0.111. The molecule has 1 aromatic heterocycles. The molecule has 3 rings (SSSR count). The van der Waals surface area contributed by atoms with Crippen molar-refractivity contribution >= 4 is 23.8 Å². The molecule has 0 unspecified atom stereocenters. The molecule has 0 saturated heterocycles. The van der Waals surface area contributed by atoms with Gasteiger partial charge in [-0.2, -0.15) is 0 Å². The molecule has 0 fully saturated rings. The lowest BCUT2D eigenvalue weighted by molar-refractivity contribution is 0.596. The van der Waals surface area contributed by atoms with Gasteiger partial charge in [-0.1, -0.05) is 67.2 Å². The highest BCUT2D eigenvalue weighted by Gasteiger charge is 2.37. The first-order valence-corrected chi connectivity index (χ1v) is 9.38. The van der Waals surface area contributed by atoms with Crippen LogP contribution in [0, 0.1) is 6.92 Å². The molecule has 0 radical (unpaired) electrons. The molecule has 0 atom stereocenters. The van der Waals surface area contributed by atoms with Gasteiger partial charge in [-0.25, -0.2) is 0 Å². The predicted octanol–water partition coefficient (Wildman–Crippen LogP) is 2.69. The first-order chi connectivity index (χ1) is 9.71. The second kappa shape index (κ2) is 5.14. The lowest BCUT2D eigenvalue weighted by atomic mass is 10.4. The first kappa shape index (κ1) is 12.9. The van der Waals surface area contributed by atoms with Crippen molar-refractivity contribution in [2.24, 2.45) is 0 Å². The number of rotatable bonds is 3. The van der Waals surface area contributed by atoms with E-state index < -0.39 is 8.07 Å². The van der Waals surface area contributed by atoms with Crippen LogP contribution in [0.3, 0.4) is 0 Å². The molecule has 0 amide bonds. The van der Waals surface area contributed by atoms with Crippen molar-refractivity contribution in [1.82, 2.24) is 0 Å². The zero-order valence-corrected chi connectivity index (χ0v) is 12.8. The molecule has 0 aliphatic rings. The molecule has 100 valence electrons. The van der Waals surface area contributed by atoms with Crippen LogP contribution in [0.4, 0.5) is 0 Å². The van der Waals surface area contributed by atoms with Gasteiger partial charge in [0.2, 0.25) is 0 Å². The van der Waals surface area contributed by atoms with Crippen molar-refractivity contribution < 1.29 is 4.42 Å². The summed E-state index contributed by atoms with van der Waals surface area (Å²) in [6.45, 7) is 4.44. The highest BCUT2D eigenvalue weighted by molar-refractivity contribution is 7.10. The van der Waals surface area contributed by atoms with Crippen LogP contribution in [0.2, 0.25) is 6.55 Å². The molecule has 20 heavy (non-hydrogen) atoms. The van der Waals surface area contributed by atoms with Gasteiger partial charge in [0.05, 0.1) is 11.6 Å². The predicted molar refractivity (Wildman–Crippen MR) is 86.8 cm³/mol. The van der Waals surface area contributed by atoms with Crippen LogP contribution in [0.15, 0.2) is 77.4 Å². The Morgan fingerprint density at radius 3 is 1.70 bits per heavy atom. The van der Waals surface area contributed by atoms with Gasteiger partial charge in [0, 0.05) is 0 Å². The van der Waals surface area contributed by atoms with E-state index in [1.54, 1.807) is 0 Å². The zero-order chi connectivity index (χ0) is 14.0. The van der Waals surface area contributed by atoms with Gasteiger partial charge in [-0.15, -0.1) is 0 Å². The minimum Gasteiger partial charge on any atom is -0.473 e. The summed E-state index contributed by atoms with van der Waals surface area (Å²) in [5, 5.41) is 3.87. The third-order valence-electron chi connectivity index (χ3n) is 3.93. The second-order valence-corrected chi connectivity index (χ2v) is 9.24. The maximum atomic E-state index is 5.90. The lowest BCUT2D eigenvalue weighted by Crippen LogP contribution is -2.64. The minimum absolute atomic E-state index is 1.12. The quantitative estimate of drug-likeness (QED) is 0.671. The standard InChI is InChI=1S/C18H18OSi/c1-15-13-18(19-14-15)20(2,16-9-5-3-6-10-16)17-11-7-4-8-12-17/h3-14H,1-2H3. The summed E-state index contributed by atoms with van der Waals surface area (Å²) in [5.74, 6) is 0. The summed E-state index contributed by atoms with van der Waals surface area (Å²) >= 11 is 0. The summed E-state index contributed by atoms with van der Waals surface area (Å²) < 4.78 is 5.90. The van der Waals surface area contributed by atoms with Crippen molar-refractivity contribution in [2.45, 2.75) is 13.5 Å². The average Bonchev–Trinajstić information content (AvgIpc) is 2.95. The SMILES string of the molecule is Cc1coc([Si](C)(c2ccccc2)c2ccccc2)c1. The molecule has 0 bridgehead atoms. The van der Waals surface area contributed by atoms with Gasteiger partial charge in [-0.05, 0) is 28.9 Å². The van der Waals surface area contributed by atoms with E-state index in [2.05, 4.69) is 80.2 Å². The van der Waals surface area contributed by atoms with E-state index in [0.717, 1.165) is 5.38 Å².